The fraction of sp³-hybridized carbons (Fsp3) is 0.600. The molecule has 0 saturated carbocycles. The second kappa shape index (κ2) is 5.68. The predicted octanol–water partition coefficient (Wildman–Crippen LogP) is 1.13. The molecule has 0 fully saturated rings. The molecule has 0 aromatic carbocycles. The van der Waals surface area contributed by atoms with Gasteiger partial charge in [0, 0.05) is 0 Å². The molecule has 24 heavy (non-hydrogen) atoms. The third kappa shape index (κ3) is 2.92. The Morgan fingerprint density at radius 3 is 1.46 bits per heavy atom. The first-order valence-electron chi connectivity index (χ1n) is 6.10. The van der Waals surface area contributed by atoms with Gasteiger partial charge in [0.05, 0.1) is 13.1 Å². The Bertz CT molecular complexity index is 618. The summed E-state index contributed by atoms with van der Waals surface area (Å²) in [6.45, 7) is -2.79. The van der Waals surface area contributed by atoms with Gasteiger partial charge in [-0.05, 0) is 0 Å². The second-order valence-electron chi connectivity index (χ2n) is 4.86. The van der Waals surface area contributed by atoms with Gasteiger partial charge >= 0.3 is 18.0 Å². The van der Waals surface area contributed by atoms with Gasteiger partial charge in [-0.1, -0.05) is 0 Å². The lowest BCUT2D eigenvalue weighted by atomic mass is 9.89. The Morgan fingerprint density at radius 1 is 0.750 bits per heavy atom. The van der Waals surface area contributed by atoms with E-state index >= 15 is 0 Å². The van der Waals surface area contributed by atoms with Gasteiger partial charge in [-0.15, -0.1) is 0 Å². The highest BCUT2D eigenvalue weighted by Crippen LogP contribution is 2.52. The van der Waals surface area contributed by atoms with E-state index in [1.807, 2.05) is 0 Å². The van der Waals surface area contributed by atoms with Crippen LogP contribution in [0.2, 0.25) is 0 Å². The molecule has 0 saturated heterocycles. The van der Waals surface area contributed by atoms with Crippen LogP contribution in [0.3, 0.4) is 0 Å². The van der Waals surface area contributed by atoms with Gasteiger partial charge in [0.25, 0.3) is 0 Å². The maximum absolute atomic E-state index is 14.1. The molecule has 2 aromatic rings. The third-order valence-corrected chi connectivity index (χ3v) is 3.12. The van der Waals surface area contributed by atoms with Crippen LogP contribution in [0.15, 0.2) is 25.3 Å². The van der Waals surface area contributed by atoms with E-state index in [-0.39, 0.29) is 0 Å². The fourth-order valence-corrected chi connectivity index (χ4v) is 1.88. The highest BCUT2D eigenvalue weighted by Gasteiger charge is 2.79. The van der Waals surface area contributed by atoms with Gasteiger partial charge in [-0.3, -0.25) is 0 Å². The van der Waals surface area contributed by atoms with Crippen molar-refractivity contribution in [3.63, 3.8) is 0 Å². The number of hydrogen-bond acceptors (Lipinski definition) is 5. The minimum atomic E-state index is -6.59. The van der Waals surface area contributed by atoms with Crippen LogP contribution >= 0.6 is 0 Å². The van der Waals surface area contributed by atoms with Crippen molar-refractivity contribution in [2.45, 2.75) is 36.7 Å². The Morgan fingerprint density at radius 2 is 1.17 bits per heavy atom. The summed E-state index contributed by atoms with van der Waals surface area (Å²) in [6, 6.07) is 0. The van der Waals surface area contributed by atoms with E-state index in [9.17, 15) is 35.8 Å². The molecule has 0 radical (unpaired) electrons. The van der Waals surface area contributed by atoms with Crippen LogP contribution < -0.4 is 0 Å². The lowest BCUT2D eigenvalue weighted by Gasteiger charge is -2.39. The zero-order chi connectivity index (χ0) is 18.2. The number of aromatic nitrogens is 6. The quantitative estimate of drug-likeness (QED) is 0.780. The summed E-state index contributed by atoms with van der Waals surface area (Å²) < 4.78 is 93.1. The summed E-state index contributed by atoms with van der Waals surface area (Å²) in [5.74, 6) is -12.4. The van der Waals surface area contributed by atoms with E-state index in [2.05, 4.69) is 20.2 Å². The van der Waals surface area contributed by atoms with Crippen LogP contribution in [0.4, 0.5) is 30.7 Å². The van der Waals surface area contributed by atoms with Gasteiger partial charge in [-0.2, -0.15) is 40.9 Å². The van der Waals surface area contributed by atoms with Crippen LogP contribution in [-0.2, 0) is 13.1 Å². The maximum atomic E-state index is 14.1. The molecule has 2 rings (SSSR count). The fourth-order valence-electron chi connectivity index (χ4n) is 1.88. The smallest absolute Gasteiger partial charge is 0.380 e. The lowest BCUT2D eigenvalue weighted by Crippen LogP contribution is -2.66. The number of rotatable bonds is 6. The standard InChI is InChI=1S/C10H9F7N6O/c11-8(12,9(13,14)10(15,16)17)7(24,1-22-5-18-3-20-22)2-23-6-19-4-21-23/h3-6,24H,1-2H2. The third-order valence-electron chi connectivity index (χ3n) is 3.12. The van der Waals surface area contributed by atoms with Crippen LogP contribution in [0, 0.1) is 0 Å². The SMILES string of the molecule is OC(Cn1cncn1)(Cn1cncn1)C(F)(F)C(F)(F)C(F)(F)F. The van der Waals surface area contributed by atoms with E-state index in [1.54, 1.807) is 0 Å². The van der Waals surface area contributed by atoms with Crippen LogP contribution in [0.5, 0.6) is 0 Å². The zero-order valence-corrected chi connectivity index (χ0v) is 11.5. The van der Waals surface area contributed by atoms with Crippen molar-refractivity contribution < 1.29 is 35.8 Å². The molecule has 0 amide bonds. The van der Waals surface area contributed by atoms with Crippen LogP contribution in [0.25, 0.3) is 0 Å². The van der Waals surface area contributed by atoms with Crippen molar-refractivity contribution >= 4 is 0 Å². The molecule has 1 N–H and O–H groups in total. The van der Waals surface area contributed by atoms with Crippen molar-refractivity contribution in [2.75, 3.05) is 0 Å². The molecule has 14 heteroatoms. The number of aliphatic hydroxyl groups is 1. The minimum Gasteiger partial charge on any atom is -0.380 e. The van der Waals surface area contributed by atoms with Crippen molar-refractivity contribution in [3.8, 4) is 0 Å². The molecule has 0 atom stereocenters. The zero-order valence-electron chi connectivity index (χ0n) is 11.5. The number of alkyl halides is 7. The van der Waals surface area contributed by atoms with E-state index < -0.39 is 36.7 Å². The van der Waals surface area contributed by atoms with E-state index in [1.165, 1.54) is 0 Å². The molecule has 2 heterocycles. The Balaban J connectivity index is 2.47. The lowest BCUT2D eigenvalue weighted by molar-refractivity contribution is -0.391. The largest absolute Gasteiger partial charge is 0.459 e. The van der Waals surface area contributed by atoms with Crippen LogP contribution in [0.1, 0.15) is 0 Å². The minimum absolute atomic E-state index is 0.497. The monoisotopic (exact) mass is 362 g/mol. The van der Waals surface area contributed by atoms with Gasteiger partial charge < -0.3 is 5.11 Å². The molecular weight excluding hydrogens is 353 g/mol. The summed E-state index contributed by atoms with van der Waals surface area (Å²) in [5.41, 5.74) is -3.90. The van der Waals surface area contributed by atoms with Gasteiger partial charge in [0.2, 0.25) is 0 Å². The Kier molecular flexibility index (Phi) is 4.28. The van der Waals surface area contributed by atoms with Gasteiger partial charge in [-0.25, -0.2) is 19.3 Å². The highest BCUT2D eigenvalue weighted by atomic mass is 19.4. The molecule has 7 nitrogen and oxygen atoms in total. The maximum Gasteiger partial charge on any atom is 0.459 e. The molecule has 0 spiro atoms. The highest BCUT2D eigenvalue weighted by molar-refractivity contribution is 5.04. The molecule has 0 bridgehead atoms. The van der Waals surface area contributed by atoms with Gasteiger partial charge in [0.1, 0.15) is 25.3 Å². The first kappa shape index (κ1) is 18.1. The first-order valence-corrected chi connectivity index (χ1v) is 6.10. The Labute approximate surface area is 128 Å². The average Bonchev–Trinajstić information content (AvgIpc) is 3.10. The molecule has 0 aliphatic heterocycles. The average molecular weight is 362 g/mol. The summed E-state index contributed by atoms with van der Waals surface area (Å²) >= 11 is 0. The van der Waals surface area contributed by atoms with E-state index in [0.29, 0.717) is 9.36 Å². The molecule has 0 aliphatic rings. The molecular formula is C10H9F7N6O. The summed E-state index contributed by atoms with van der Waals surface area (Å²) in [4.78, 5) is 6.70. The molecule has 134 valence electrons. The van der Waals surface area contributed by atoms with Crippen molar-refractivity contribution in [3.05, 3.63) is 25.3 Å². The molecule has 0 aliphatic carbocycles. The second-order valence-corrected chi connectivity index (χ2v) is 4.86. The normalized spacial score (nSPS) is 14.2. The first-order chi connectivity index (χ1) is 10.9. The van der Waals surface area contributed by atoms with E-state index in [4.69, 9.17) is 0 Å². The topological polar surface area (TPSA) is 81.6 Å². The molecule has 2 aromatic heterocycles. The number of hydrogen-bond donors (Lipinski definition) is 1. The van der Waals surface area contributed by atoms with Crippen molar-refractivity contribution in [2.24, 2.45) is 0 Å². The summed E-state index contributed by atoms with van der Waals surface area (Å²) in [7, 11) is 0. The number of halogens is 7. The van der Waals surface area contributed by atoms with Gasteiger partial charge in [0.15, 0.2) is 5.60 Å². The predicted molar refractivity (Wildman–Crippen MR) is 60.9 cm³/mol. The van der Waals surface area contributed by atoms with Crippen molar-refractivity contribution in [1.82, 2.24) is 29.5 Å². The van der Waals surface area contributed by atoms with Crippen LogP contribution in [-0.4, -0.2) is 58.3 Å². The number of nitrogens with zero attached hydrogens (tertiary/aromatic N) is 6. The Hall–Kier alpha value is -2.25. The van der Waals surface area contributed by atoms with E-state index in [0.717, 1.165) is 25.3 Å². The summed E-state index contributed by atoms with van der Waals surface area (Å²) in [6.07, 6.45) is -3.39. The summed E-state index contributed by atoms with van der Waals surface area (Å²) in [5, 5.41) is 16.7. The molecule has 0 unspecified atom stereocenters. The van der Waals surface area contributed by atoms with Crippen molar-refractivity contribution in [1.29, 1.82) is 0 Å².